The van der Waals surface area contributed by atoms with E-state index in [2.05, 4.69) is 15.1 Å². The zero-order valence-electron chi connectivity index (χ0n) is 13.2. The van der Waals surface area contributed by atoms with Gasteiger partial charge in [0.25, 0.3) is 0 Å². The van der Waals surface area contributed by atoms with Gasteiger partial charge in [-0.1, -0.05) is 19.3 Å². The molecule has 0 amide bonds. The number of piperazine rings is 1. The molecule has 0 aromatic rings. The standard InChI is InChI=1S/C15H27N3O2S2/c19-22(20)11-6-14(12-22)17-7-9-18(10-8-17)15(21)16-13-4-2-1-3-5-13/h13-14H,1-12H2,(H,16,21)/t14-/m1/s1. The van der Waals surface area contributed by atoms with Gasteiger partial charge in [-0.15, -0.1) is 0 Å². The van der Waals surface area contributed by atoms with Crippen LogP contribution < -0.4 is 5.32 Å². The quantitative estimate of drug-likeness (QED) is 0.754. The van der Waals surface area contributed by atoms with E-state index in [4.69, 9.17) is 12.2 Å². The smallest absolute Gasteiger partial charge is 0.169 e. The summed E-state index contributed by atoms with van der Waals surface area (Å²) in [7, 11) is -2.79. The Labute approximate surface area is 139 Å². The summed E-state index contributed by atoms with van der Waals surface area (Å²) in [5.41, 5.74) is 0. The Hall–Kier alpha value is -0.400. The van der Waals surface area contributed by atoms with Crippen LogP contribution in [0.4, 0.5) is 0 Å². The van der Waals surface area contributed by atoms with Gasteiger partial charge in [-0.2, -0.15) is 0 Å². The number of hydrogen-bond acceptors (Lipinski definition) is 4. The first-order chi connectivity index (χ1) is 10.5. The van der Waals surface area contributed by atoms with Crippen LogP contribution in [-0.2, 0) is 9.84 Å². The Kier molecular flexibility index (Phi) is 5.24. The van der Waals surface area contributed by atoms with Gasteiger partial charge in [0.15, 0.2) is 14.9 Å². The molecule has 7 heteroatoms. The third-order valence-corrected chi connectivity index (χ3v) is 7.39. The first-order valence-electron chi connectivity index (χ1n) is 8.53. The van der Waals surface area contributed by atoms with Crippen LogP contribution in [0.2, 0.25) is 0 Å². The van der Waals surface area contributed by atoms with Crippen molar-refractivity contribution in [3.63, 3.8) is 0 Å². The number of thiocarbonyl (C=S) groups is 1. The normalized spacial score (nSPS) is 30.4. The van der Waals surface area contributed by atoms with E-state index in [9.17, 15) is 8.42 Å². The maximum absolute atomic E-state index is 11.6. The highest BCUT2D eigenvalue weighted by atomic mass is 32.2. The summed E-state index contributed by atoms with van der Waals surface area (Å²) < 4.78 is 23.2. The average Bonchev–Trinajstić information content (AvgIpc) is 2.88. The summed E-state index contributed by atoms with van der Waals surface area (Å²) in [6, 6.07) is 0.784. The molecule has 22 heavy (non-hydrogen) atoms. The van der Waals surface area contributed by atoms with Crippen molar-refractivity contribution in [2.45, 2.75) is 50.6 Å². The molecule has 5 nitrogen and oxygen atoms in total. The summed E-state index contributed by atoms with van der Waals surface area (Å²) in [6.45, 7) is 3.67. The predicted molar refractivity (Wildman–Crippen MR) is 92.8 cm³/mol. The monoisotopic (exact) mass is 345 g/mol. The summed E-state index contributed by atoms with van der Waals surface area (Å²) >= 11 is 5.57. The Bertz CT molecular complexity index is 495. The minimum absolute atomic E-state index is 0.229. The van der Waals surface area contributed by atoms with Crippen molar-refractivity contribution < 1.29 is 8.42 Å². The highest BCUT2D eigenvalue weighted by Crippen LogP contribution is 2.20. The molecule has 3 aliphatic rings. The molecule has 0 unspecified atom stereocenters. The SMILES string of the molecule is O=S1(=O)CC[C@@H](N2CCN(C(=S)NC3CCCCC3)CC2)C1. The lowest BCUT2D eigenvalue weighted by Gasteiger charge is -2.39. The van der Waals surface area contributed by atoms with Crippen LogP contribution in [-0.4, -0.2) is 73.1 Å². The molecule has 0 radical (unpaired) electrons. The second-order valence-corrected chi connectivity index (χ2v) is 9.48. The first kappa shape index (κ1) is 16.5. The minimum atomic E-state index is -2.79. The highest BCUT2D eigenvalue weighted by Gasteiger charge is 2.34. The molecule has 0 aromatic carbocycles. The van der Waals surface area contributed by atoms with E-state index in [1.165, 1.54) is 32.1 Å². The molecular weight excluding hydrogens is 318 g/mol. The third-order valence-electron chi connectivity index (χ3n) is 5.26. The van der Waals surface area contributed by atoms with Gasteiger partial charge in [-0.05, 0) is 31.5 Å². The first-order valence-corrected chi connectivity index (χ1v) is 10.8. The second kappa shape index (κ2) is 7.01. The Morgan fingerprint density at radius 3 is 2.27 bits per heavy atom. The van der Waals surface area contributed by atoms with Crippen LogP contribution in [0, 0.1) is 0 Å². The number of nitrogens with one attached hydrogen (secondary N) is 1. The minimum Gasteiger partial charge on any atom is -0.360 e. The van der Waals surface area contributed by atoms with E-state index in [0.717, 1.165) is 37.7 Å². The highest BCUT2D eigenvalue weighted by molar-refractivity contribution is 7.91. The van der Waals surface area contributed by atoms with Gasteiger partial charge in [0.2, 0.25) is 0 Å². The molecule has 0 bridgehead atoms. The lowest BCUT2D eigenvalue weighted by molar-refractivity contribution is 0.141. The van der Waals surface area contributed by atoms with Crippen molar-refractivity contribution in [3.05, 3.63) is 0 Å². The molecule has 3 rings (SSSR count). The third kappa shape index (κ3) is 4.11. The molecule has 1 N–H and O–H groups in total. The Morgan fingerprint density at radius 2 is 1.68 bits per heavy atom. The number of sulfone groups is 1. The maximum Gasteiger partial charge on any atom is 0.169 e. The molecule has 2 heterocycles. The summed E-state index contributed by atoms with van der Waals surface area (Å²) in [4.78, 5) is 4.59. The fourth-order valence-corrected chi connectivity index (χ4v) is 5.98. The lowest BCUT2D eigenvalue weighted by Crippen LogP contribution is -2.55. The van der Waals surface area contributed by atoms with Crippen molar-refractivity contribution in [2.24, 2.45) is 0 Å². The molecule has 2 aliphatic heterocycles. The zero-order valence-corrected chi connectivity index (χ0v) is 14.8. The maximum atomic E-state index is 11.6. The predicted octanol–water partition coefficient (Wildman–Crippen LogP) is 0.998. The van der Waals surface area contributed by atoms with Gasteiger partial charge in [-0.25, -0.2) is 8.42 Å². The summed E-state index contributed by atoms with van der Waals surface area (Å²) in [6.07, 6.45) is 7.25. The topological polar surface area (TPSA) is 52.7 Å². The number of rotatable bonds is 2. The van der Waals surface area contributed by atoms with Crippen molar-refractivity contribution >= 4 is 27.2 Å². The van der Waals surface area contributed by atoms with Crippen LogP contribution >= 0.6 is 12.2 Å². The van der Waals surface area contributed by atoms with Crippen molar-refractivity contribution in [3.8, 4) is 0 Å². The van der Waals surface area contributed by atoms with Crippen LogP contribution in [0.5, 0.6) is 0 Å². The molecule has 1 aliphatic carbocycles. The van der Waals surface area contributed by atoms with Gasteiger partial charge >= 0.3 is 0 Å². The zero-order chi connectivity index (χ0) is 15.6. The summed E-state index contributed by atoms with van der Waals surface area (Å²) in [5, 5.41) is 4.42. The molecule has 0 spiro atoms. The van der Waals surface area contributed by atoms with Crippen LogP contribution in [0.3, 0.4) is 0 Å². The fourth-order valence-electron chi connectivity index (χ4n) is 3.87. The van der Waals surface area contributed by atoms with Crippen molar-refractivity contribution in [1.82, 2.24) is 15.1 Å². The molecule has 1 saturated carbocycles. The second-order valence-electron chi connectivity index (χ2n) is 6.86. The van der Waals surface area contributed by atoms with E-state index in [-0.39, 0.29) is 6.04 Å². The Balaban J connectivity index is 1.44. The van der Waals surface area contributed by atoms with E-state index >= 15 is 0 Å². The van der Waals surface area contributed by atoms with Crippen LogP contribution in [0.25, 0.3) is 0 Å². The molecular formula is C15H27N3O2S2. The molecule has 3 fully saturated rings. The van der Waals surface area contributed by atoms with Gasteiger partial charge in [0, 0.05) is 38.3 Å². The van der Waals surface area contributed by atoms with Gasteiger partial charge < -0.3 is 10.2 Å². The van der Waals surface area contributed by atoms with Crippen LogP contribution in [0.15, 0.2) is 0 Å². The van der Waals surface area contributed by atoms with Gasteiger partial charge in [-0.3, -0.25) is 4.90 Å². The molecule has 2 saturated heterocycles. The van der Waals surface area contributed by atoms with Gasteiger partial charge in [0.05, 0.1) is 11.5 Å². The van der Waals surface area contributed by atoms with Gasteiger partial charge in [0.1, 0.15) is 0 Å². The van der Waals surface area contributed by atoms with E-state index in [1.54, 1.807) is 0 Å². The largest absolute Gasteiger partial charge is 0.360 e. The average molecular weight is 346 g/mol. The molecule has 0 aromatic heterocycles. The van der Waals surface area contributed by atoms with E-state index < -0.39 is 9.84 Å². The lowest BCUT2D eigenvalue weighted by atomic mass is 9.96. The Morgan fingerprint density at radius 1 is 1.00 bits per heavy atom. The molecule has 126 valence electrons. The number of nitrogens with zero attached hydrogens (tertiary/aromatic N) is 2. The van der Waals surface area contributed by atoms with Crippen molar-refractivity contribution in [2.75, 3.05) is 37.7 Å². The van der Waals surface area contributed by atoms with E-state index in [0.29, 0.717) is 17.5 Å². The fraction of sp³-hybridized carbons (Fsp3) is 0.933. The molecule has 1 atom stereocenters. The van der Waals surface area contributed by atoms with Crippen molar-refractivity contribution in [1.29, 1.82) is 0 Å². The number of hydrogen-bond donors (Lipinski definition) is 1. The van der Waals surface area contributed by atoms with E-state index in [1.807, 2.05) is 0 Å². The van der Waals surface area contributed by atoms with Crippen LogP contribution in [0.1, 0.15) is 38.5 Å². The summed E-state index contributed by atoms with van der Waals surface area (Å²) in [5.74, 6) is 0.706.